The molecule has 0 saturated carbocycles. The highest BCUT2D eigenvalue weighted by Gasteiger charge is 2.16. The number of carbonyl (C=O) groups excluding carboxylic acids is 2. The lowest BCUT2D eigenvalue weighted by molar-refractivity contribution is -0.115. The Balaban J connectivity index is 1.41. The molecule has 0 heterocycles. The van der Waals surface area contributed by atoms with E-state index in [1.165, 1.54) is 11.8 Å². The lowest BCUT2D eigenvalue weighted by Gasteiger charge is -2.14. The number of halogens is 1. The van der Waals surface area contributed by atoms with E-state index < -0.39 is 0 Å². The van der Waals surface area contributed by atoms with Gasteiger partial charge in [0, 0.05) is 16.1 Å². The summed E-state index contributed by atoms with van der Waals surface area (Å²) in [6, 6.07) is 28.2. The van der Waals surface area contributed by atoms with Crippen molar-refractivity contribution in [3.05, 3.63) is 102 Å². The van der Waals surface area contributed by atoms with Crippen LogP contribution in [0.15, 0.2) is 95.9 Å². The average Bonchev–Trinajstić information content (AvgIpc) is 2.80. The maximum atomic E-state index is 12.7. The van der Waals surface area contributed by atoms with Crippen LogP contribution in [-0.4, -0.2) is 17.1 Å². The Bertz CT molecular complexity index is 1290. The third kappa shape index (κ3) is 5.31. The number of hydrogen-bond acceptors (Lipinski definition) is 3. The van der Waals surface area contributed by atoms with E-state index >= 15 is 0 Å². The number of anilines is 2. The molecule has 1 atom stereocenters. The van der Waals surface area contributed by atoms with Gasteiger partial charge in [-0.1, -0.05) is 60.1 Å². The van der Waals surface area contributed by atoms with Crippen molar-refractivity contribution in [3.8, 4) is 0 Å². The molecular weight excluding hydrogens is 440 g/mol. The van der Waals surface area contributed by atoms with Crippen molar-refractivity contribution in [2.75, 3.05) is 10.6 Å². The zero-order valence-electron chi connectivity index (χ0n) is 17.3. The second-order valence-corrected chi connectivity index (χ2v) is 9.09. The van der Waals surface area contributed by atoms with E-state index in [2.05, 4.69) is 10.6 Å². The molecule has 32 heavy (non-hydrogen) atoms. The number of hydrogen-bond donors (Lipinski definition) is 2. The first-order valence-electron chi connectivity index (χ1n) is 10.1. The van der Waals surface area contributed by atoms with E-state index in [1.807, 2.05) is 85.8 Å². The van der Waals surface area contributed by atoms with Gasteiger partial charge in [-0.2, -0.15) is 0 Å². The molecule has 4 aromatic carbocycles. The van der Waals surface area contributed by atoms with Crippen LogP contribution in [-0.2, 0) is 4.79 Å². The van der Waals surface area contributed by atoms with Gasteiger partial charge in [-0.15, -0.1) is 11.8 Å². The fourth-order valence-corrected chi connectivity index (χ4v) is 4.34. The zero-order chi connectivity index (χ0) is 22.5. The minimum atomic E-state index is -0.349. The highest BCUT2D eigenvalue weighted by molar-refractivity contribution is 8.00. The van der Waals surface area contributed by atoms with Crippen LogP contribution in [0.25, 0.3) is 10.8 Å². The standard InChI is InChI=1S/C26H21ClN2O2S/c1-17(25(30)29-24-12-5-4-11-23(24)27)32-22-10-6-9-21(16-22)28-26(31)20-14-13-18-7-2-3-8-19(18)15-20/h2-17H,1H3,(H,28,31)(H,29,30). The van der Waals surface area contributed by atoms with Crippen LogP contribution in [0.5, 0.6) is 0 Å². The first-order chi connectivity index (χ1) is 15.5. The van der Waals surface area contributed by atoms with Crippen LogP contribution in [0.3, 0.4) is 0 Å². The molecule has 0 saturated heterocycles. The number of benzene rings is 4. The Labute approximate surface area is 196 Å². The first kappa shape index (κ1) is 21.9. The number of para-hydroxylation sites is 1. The van der Waals surface area contributed by atoms with E-state index in [0.29, 0.717) is 22.0 Å². The van der Waals surface area contributed by atoms with Crippen molar-refractivity contribution in [1.29, 1.82) is 0 Å². The van der Waals surface area contributed by atoms with Gasteiger partial charge >= 0.3 is 0 Å². The topological polar surface area (TPSA) is 58.2 Å². The molecule has 0 fully saturated rings. The quantitative estimate of drug-likeness (QED) is 0.309. The number of thioether (sulfide) groups is 1. The van der Waals surface area contributed by atoms with Crippen LogP contribution >= 0.6 is 23.4 Å². The normalized spacial score (nSPS) is 11.7. The van der Waals surface area contributed by atoms with Gasteiger partial charge in [-0.3, -0.25) is 9.59 Å². The summed E-state index contributed by atoms with van der Waals surface area (Å²) in [4.78, 5) is 26.2. The third-order valence-corrected chi connectivity index (χ3v) is 6.34. The molecule has 1 unspecified atom stereocenters. The molecule has 0 bridgehead atoms. The molecule has 4 nitrogen and oxygen atoms in total. The summed E-state index contributed by atoms with van der Waals surface area (Å²) in [6.07, 6.45) is 0. The van der Waals surface area contributed by atoms with Crippen molar-refractivity contribution in [2.45, 2.75) is 17.1 Å². The summed E-state index contributed by atoms with van der Waals surface area (Å²) in [5, 5.41) is 8.05. The van der Waals surface area contributed by atoms with E-state index in [4.69, 9.17) is 11.6 Å². The number of fused-ring (bicyclic) bond motifs is 1. The fraction of sp³-hybridized carbons (Fsp3) is 0.0769. The summed E-state index contributed by atoms with van der Waals surface area (Å²) < 4.78 is 0. The minimum absolute atomic E-state index is 0.145. The van der Waals surface area contributed by atoms with Gasteiger partial charge in [0.05, 0.1) is 16.0 Å². The maximum Gasteiger partial charge on any atom is 0.255 e. The van der Waals surface area contributed by atoms with Gasteiger partial charge < -0.3 is 10.6 Å². The first-order valence-corrected chi connectivity index (χ1v) is 11.4. The minimum Gasteiger partial charge on any atom is -0.324 e. The van der Waals surface area contributed by atoms with E-state index in [9.17, 15) is 9.59 Å². The molecule has 4 aromatic rings. The fourth-order valence-electron chi connectivity index (χ4n) is 3.24. The van der Waals surface area contributed by atoms with Gasteiger partial charge in [0.15, 0.2) is 0 Å². The van der Waals surface area contributed by atoms with Crippen molar-refractivity contribution in [3.63, 3.8) is 0 Å². The van der Waals surface area contributed by atoms with Crippen molar-refractivity contribution >= 4 is 57.3 Å². The molecule has 0 spiro atoms. The highest BCUT2D eigenvalue weighted by Crippen LogP contribution is 2.28. The lowest BCUT2D eigenvalue weighted by Crippen LogP contribution is -2.22. The van der Waals surface area contributed by atoms with Gasteiger partial charge in [0.1, 0.15) is 0 Å². The van der Waals surface area contributed by atoms with Gasteiger partial charge in [0.25, 0.3) is 5.91 Å². The second-order valence-electron chi connectivity index (χ2n) is 7.27. The van der Waals surface area contributed by atoms with Crippen molar-refractivity contribution < 1.29 is 9.59 Å². The number of nitrogens with one attached hydrogen (secondary N) is 2. The summed E-state index contributed by atoms with van der Waals surface area (Å²) in [5.41, 5.74) is 1.85. The number of amides is 2. The van der Waals surface area contributed by atoms with Crippen molar-refractivity contribution in [2.24, 2.45) is 0 Å². The smallest absolute Gasteiger partial charge is 0.255 e. The van der Waals surface area contributed by atoms with Crippen LogP contribution in [0.2, 0.25) is 5.02 Å². The van der Waals surface area contributed by atoms with Crippen LogP contribution in [0, 0.1) is 0 Å². The molecular formula is C26H21ClN2O2S. The Morgan fingerprint density at radius 3 is 2.38 bits per heavy atom. The molecule has 2 N–H and O–H groups in total. The van der Waals surface area contributed by atoms with Gasteiger partial charge in [0.2, 0.25) is 5.91 Å². The van der Waals surface area contributed by atoms with Gasteiger partial charge in [-0.05, 0) is 60.2 Å². The summed E-state index contributed by atoms with van der Waals surface area (Å²) in [7, 11) is 0. The predicted octanol–water partition coefficient (Wildman–Crippen LogP) is 6.86. The average molecular weight is 461 g/mol. The molecule has 160 valence electrons. The second kappa shape index (κ2) is 9.90. The Kier molecular flexibility index (Phi) is 6.78. The van der Waals surface area contributed by atoms with Crippen LogP contribution in [0.1, 0.15) is 17.3 Å². The lowest BCUT2D eigenvalue weighted by atomic mass is 10.1. The maximum absolute atomic E-state index is 12.7. The number of carbonyl (C=O) groups is 2. The van der Waals surface area contributed by atoms with Gasteiger partial charge in [-0.25, -0.2) is 0 Å². The molecule has 0 aliphatic carbocycles. The monoisotopic (exact) mass is 460 g/mol. The van der Waals surface area contributed by atoms with E-state index in [-0.39, 0.29) is 17.1 Å². The predicted molar refractivity (Wildman–Crippen MR) is 134 cm³/mol. The molecule has 6 heteroatoms. The highest BCUT2D eigenvalue weighted by atomic mass is 35.5. The molecule has 0 aromatic heterocycles. The Morgan fingerprint density at radius 2 is 1.56 bits per heavy atom. The van der Waals surface area contributed by atoms with Crippen LogP contribution in [0.4, 0.5) is 11.4 Å². The van der Waals surface area contributed by atoms with Crippen LogP contribution < -0.4 is 10.6 Å². The largest absolute Gasteiger partial charge is 0.324 e. The van der Waals surface area contributed by atoms with E-state index in [1.54, 1.807) is 12.1 Å². The third-order valence-electron chi connectivity index (χ3n) is 4.92. The zero-order valence-corrected chi connectivity index (χ0v) is 18.9. The summed E-state index contributed by atoms with van der Waals surface area (Å²) >= 11 is 7.53. The SMILES string of the molecule is CC(Sc1cccc(NC(=O)c2ccc3ccccc3c2)c1)C(=O)Nc1ccccc1Cl. The molecule has 4 rings (SSSR count). The summed E-state index contributed by atoms with van der Waals surface area (Å²) in [5.74, 6) is -0.323. The van der Waals surface area contributed by atoms with Crippen molar-refractivity contribution in [1.82, 2.24) is 0 Å². The molecule has 0 aliphatic rings. The Morgan fingerprint density at radius 1 is 0.812 bits per heavy atom. The number of rotatable bonds is 6. The molecule has 2 amide bonds. The molecule has 0 radical (unpaired) electrons. The molecule has 0 aliphatic heterocycles. The summed E-state index contributed by atoms with van der Waals surface area (Å²) in [6.45, 7) is 1.83. The van der Waals surface area contributed by atoms with E-state index in [0.717, 1.165) is 15.7 Å². The Hall–Kier alpha value is -3.28.